The molecule has 0 aliphatic heterocycles. The Morgan fingerprint density at radius 1 is 1.47 bits per heavy atom. The molecule has 2 N–H and O–H groups in total. The van der Waals surface area contributed by atoms with Crippen molar-refractivity contribution in [1.82, 2.24) is 5.32 Å². The Balaban J connectivity index is 2.48. The van der Waals surface area contributed by atoms with Crippen molar-refractivity contribution in [3.05, 3.63) is 35.4 Å². The normalized spacial score (nSPS) is 14.1. The molecule has 2 unspecified atom stereocenters. The second-order valence-electron chi connectivity index (χ2n) is 4.80. The molecule has 0 bridgehead atoms. The molecule has 1 aromatic carbocycles. The van der Waals surface area contributed by atoms with E-state index in [2.05, 4.69) is 19.2 Å². The van der Waals surface area contributed by atoms with Crippen LogP contribution in [-0.4, -0.2) is 30.8 Å². The molecule has 1 aromatic rings. The molecule has 0 fully saturated rings. The van der Waals surface area contributed by atoms with Crippen molar-refractivity contribution >= 4 is 5.97 Å². The molecule has 0 spiro atoms. The molecule has 0 amide bonds. The molecule has 19 heavy (non-hydrogen) atoms. The number of rotatable bonds is 8. The molecular weight excluding hydrogens is 242 g/mol. The van der Waals surface area contributed by atoms with Gasteiger partial charge in [-0.05, 0) is 23.6 Å². The Morgan fingerprint density at radius 2 is 2.21 bits per heavy atom. The molecule has 0 aliphatic carbocycles. The van der Waals surface area contributed by atoms with Crippen LogP contribution < -0.4 is 5.32 Å². The highest BCUT2D eigenvalue weighted by Crippen LogP contribution is 2.10. The summed E-state index contributed by atoms with van der Waals surface area (Å²) in [6, 6.07) is 6.98. The summed E-state index contributed by atoms with van der Waals surface area (Å²) >= 11 is 0. The van der Waals surface area contributed by atoms with Crippen LogP contribution in [0.25, 0.3) is 0 Å². The lowest BCUT2D eigenvalue weighted by atomic mass is 10.0. The topological polar surface area (TPSA) is 58.6 Å². The van der Waals surface area contributed by atoms with Gasteiger partial charge in [0.25, 0.3) is 0 Å². The Morgan fingerprint density at radius 3 is 2.79 bits per heavy atom. The number of carboxylic acid groups (broad SMARTS) is 1. The summed E-state index contributed by atoms with van der Waals surface area (Å²) in [7, 11) is 1.73. The van der Waals surface area contributed by atoms with E-state index in [-0.39, 0.29) is 6.10 Å². The van der Waals surface area contributed by atoms with Gasteiger partial charge in [-0.3, -0.25) is 0 Å². The van der Waals surface area contributed by atoms with Gasteiger partial charge in [0.2, 0.25) is 0 Å². The van der Waals surface area contributed by atoms with Crippen LogP contribution in [0, 0.1) is 5.92 Å². The van der Waals surface area contributed by atoms with Crippen molar-refractivity contribution in [2.45, 2.75) is 32.9 Å². The summed E-state index contributed by atoms with van der Waals surface area (Å²) in [5.41, 5.74) is 1.29. The lowest BCUT2D eigenvalue weighted by Crippen LogP contribution is -2.32. The van der Waals surface area contributed by atoms with Crippen molar-refractivity contribution in [1.29, 1.82) is 0 Å². The van der Waals surface area contributed by atoms with E-state index in [9.17, 15) is 4.79 Å². The number of nitrogens with one attached hydrogen (secondary N) is 1. The van der Waals surface area contributed by atoms with Gasteiger partial charge < -0.3 is 15.2 Å². The summed E-state index contributed by atoms with van der Waals surface area (Å²) in [5.74, 6) is -0.390. The van der Waals surface area contributed by atoms with Gasteiger partial charge >= 0.3 is 5.97 Å². The van der Waals surface area contributed by atoms with Crippen LogP contribution in [0.4, 0.5) is 0 Å². The van der Waals surface area contributed by atoms with Crippen molar-refractivity contribution in [2.24, 2.45) is 5.92 Å². The zero-order chi connectivity index (χ0) is 14.3. The van der Waals surface area contributed by atoms with E-state index >= 15 is 0 Å². The predicted molar refractivity (Wildman–Crippen MR) is 75.4 cm³/mol. The first-order chi connectivity index (χ1) is 9.08. The molecule has 1 rings (SSSR count). The molecule has 4 nitrogen and oxygen atoms in total. The lowest BCUT2D eigenvalue weighted by molar-refractivity contribution is 0.0568. The van der Waals surface area contributed by atoms with E-state index in [0.29, 0.717) is 18.0 Å². The lowest BCUT2D eigenvalue weighted by Gasteiger charge is -2.21. The summed E-state index contributed by atoms with van der Waals surface area (Å²) in [6.45, 7) is 5.73. The van der Waals surface area contributed by atoms with Gasteiger partial charge in [0.15, 0.2) is 0 Å². The third-order valence-corrected chi connectivity index (χ3v) is 3.43. The minimum atomic E-state index is -0.892. The average molecular weight is 265 g/mol. The number of carbonyl (C=O) groups is 1. The Bertz CT molecular complexity index is 406. The SMILES string of the molecule is CCC(C)C(CNCc1cccc(C(=O)O)c1)OC. The van der Waals surface area contributed by atoms with E-state index in [0.717, 1.165) is 18.5 Å². The first-order valence-electron chi connectivity index (χ1n) is 6.64. The van der Waals surface area contributed by atoms with Crippen LogP contribution in [0.15, 0.2) is 24.3 Å². The molecule has 0 saturated heterocycles. The number of methoxy groups -OCH3 is 1. The highest BCUT2D eigenvalue weighted by molar-refractivity contribution is 5.87. The number of benzene rings is 1. The third-order valence-electron chi connectivity index (χ3n) is 3.43. The molecule has 0 radical (unpaired) electrons. The van der Waals surface area contributed by atoms with Crippen LogP contribution in [0.3, 0.4) is 0 Å². The Kier molecular flexibility index (Phi) is 6.53. The van der Waals surface area contributed by atoms with Gasteiger partial charge in [0, 0.05) is 20.2 Å². The maximum atomic E-state index is 10.9. The molecule has 4 heteroatoms. The van der Waals surface area contributed by atoms with Crippen LogP contribution in [0.2, 0.25) is 0 Å². The number of ether oxygens (including phenoxy) is 1. The first kappa shape index (κ1) is 15.7. The zero-order valence-electron chi connectivity index (χ0n) is 11.8. The monoisotopic (exact) mass is 265 g/mol. The molecule has 0 heterocycles. The van der Waals surface area contributed by atoms with E-state index in [1.165, 1.54) is 0 Å². The van der Waals surface area contributed by atoms with Gasteiger partial charge in [-0.15, -0.1) is 0 Å². The first-order valence-corrected chi connectivity index (χ1v) is 6.64. The van der Waals surface area contributed by atoms with Gasteiger partial charge in [-0.2, -0.15) is 0 Å². The Labute approximate surface area is 114 Å². The van der Waals surface area contributed by atoms with Gasteiger partial charge in [-0.1, -0.05) is 32.4 Å². The van der Waals surface area contributed by atoms with Gasteiger partial charge in [0.1, 0.15) is 0 Å². The van der Waals surface area contributed by atoms with Gasteiger partial charge in [0.05, 0.1) is 11.7 Å². The highest BCUT2D eigenvalue weighted by atomic mass is 16.5. The maximum absolute atomic E-state index is 10.9. The number of aromatic carboxylic acids is 1. The highest BCUT2D eigenvalue weighted by Gasteiger charge is 2.14. The van der Waals surface area contributed by atoms with Crippen LogP contribution in [0.1, 0.15) is 36.2 Å². The number of hydrogen-bond donors (Lipinski definition) is 2. The minimum Gasteiger partial charge on any atom is -0.478 e. The van der Waals surface area contributed by atoms with Crippen molar-refractivity contribution in [2.75, 3.05) is 13.7 Å². The van der Waals surface area contributed by atoms with E-state index < -0.39 is 5.97 Å². The van der Waals surface area contributed by atoms with Crippen LogP contribution in [0.5, 0.6) is 0 Å². The molecule has 0 aliphatic rings. The van der Waals surface area contributed by atoms with E-state index in [4.69, 9.17) is 9.84 Å². The van der Waals surface area contributed by atoms with E-state index in [1.807, 2.05) is 6.07 Å². The fourth-order valence-corrected chi connectivity index (χ4v) is 1.95. The summed E-state index contributed by atoms with van der Waals surface area (Å²) < 4.78 is 5.45. The molecular formula is C15H23NO3. The molecule has 0 aromatic heterocycles. The summed E-state index contributed by atoms with van der Waals surface area (Å²) in [6.07, 6.45) is 1.27. The predicted octanol–water partition coefficient (Wildman–Crippen LogP) is 2.54. The van der Waals surface area contributed by atoms with Crippen molar-refractivity contribution in [3.63, 3.8) is 0 Å². The smallest absolute Gasteiger partial charge is 0.335 e. The van der Waals surface area contributed by atoms with Crippen LogP contribution >= 0.6 is 0 Å². The van der Waals surface area contributed by atoms with Gasteiger partial charge in [-0.25, -0.2) is 4.79 Å². The zero-order valence-corrected chi connectivity index (χ0v) is 11.8. The fraction of sp³-hybridized carbons (Fsp3) is 0.533. The number of carboxylic acids is 1. The molecule has 0 saturated carbocycles. The summed E-state index contributed by atoms with van der Waals surface area (Å²) in [4.78, 5) is 10.9. The fourth-order valence-electron chi connectivity index (χ4n) is 1.95. The van der Waals surface area contributed by atoms with E-state index in [1.54, 1.807) is 25.3 Å². The summed E-state index contributed by atoms with van der Waals surface area (Å²) in [5, 5.41) is 12.2. The molecule has 2 atom stereocenters. The number of hydrogen-bond acceptors (Lipinski definition) is 3. The second kappa shape index (κ2) is 7.92. The average Bonchev–Trinajstić information content (AvgIpc) is 2.43. The van der Waals surface area contributed by atoms with Crippen LogP contribution in [-0.2, 0) is 11.3 Å². The quantitative estimate of drug-likeness (QED) is 0.758. The maximum Gasteiger partial charge on any atom is 0.335 e. The molecule has 106 valence electrons. The van der Waals surface area contributed by atoms with Crippen molar-refractivity contribution in [3.8, 4) is 0 Å². The van der Waals surface area contributed by atoms with Crippen molar-refractivity contribution < 1.29 is 14.6 Å². The second-order valence-corrected chi connectivity index (χ2v) is 4.80. The largest absolute Gasteiger partial charge is 0.478 e. The minimum absolute atomic E-state index is 0.188. The third kappa shape index (κ3) is 5.01. The standard InChI is InChI=1S/C15H23NO3/c1-4-11(2)14(19-3)10-16-9-12-6-5-7-13(8-12)15(17)18/h5-8,11,14,16H,4,9-10H2,1-3H3,(H,17,18). The Hall–Kier alpha value is -1.39.